The Kier molecular flexibility index (Phi) is 4.27. The zero-order chi connectivity index (χ0) is 19.0. The molecule has 0 saturated heterocycles. The molecule has 1 atom stereocenters. The van der Waals surface area contributed by atoms with Crippen molar-refractivity contribution < 1.29 is 5.11 Å². The molecular weight excluding hydrogens is 364 g/mol. The highest BCUT2D eigenvalue weighted by Gasteiger charge is 2.16. The molecule has 2 N–H and O–H groups in total. The molecule has 0 fully saturated rings. The monoisotopic (exact) mass is 378 g/mol. The minimum atomic E-state index is -0.529. The van der Waals surface area contributed by atoms with Crippen LogP contribution in [0.2, 0.25) is 0 Å². The molecule has 0 aliphatic heterocycles. The Morgan fingerprint density at radius 3 is 2.93 bits per heavy atom. The van der Waals surface area contributed by atoms with Gasteiger partial charge in [0, 0.05) is 11.6 Å². The number of nitrogens with one attached hydrogen (secondary N) is 1. The Balaban J connectivity index is 1.83. The van der Waals surface area contributed by atoms with Crippen molar-refractivity contribution in [3.8, 4) is 6.07 Å². The first-order valence-corrected chi connectivity index (χ1v) is 8.98. The third-order valence-corrected chi connectivity index (χ3v) is 5.06. The first-order valence-electron chi connectivity index (χ1n) is 8.16. The fourth-order valence-corrected chi connectivity index (χ4v) is 3.63. The van der Waals surface area contributed by atoms with Gasteiger partial charge in [-0.25, -0.2) is 9.97 Å². The molecule has 0 saturated carbocycles. The van der Waals surface area contributed by atoms with Crippen LogP contribution < -0.4 is 10.9 Å². The number of nitriles is 1. The molecule has 0 amide bonds. The Hall–Kier alpha value is -3.35. The summed E-state index contributed by atoms with van der Waals surface area (Å²) < 4.78 is 2.35. The molecule has 0 radical (unpaired) electrons. The van der Waals surface area contributed by atoms with Crippen molar-refractivity contribution >= 4 is 43.7 Å². The van der Waals surface area contributed by atoms with E-state index in [4.69, 9.17) is 0 Å². The van der Waals surface area contributed by atoms with E-state index in [1.54, 1.807) is 13.1 Å². The number of thiazole rings is 1. The Morgan fingerprint density at radius 1 is 1.37 bits per heavy atom. The summed E-state index contributed by atoms with van der Waals surface area (Å²) in [4.78, 5) is 25.7. The van der Waals surface area contributed by atoms with Gasteiger partial charge >= 0.3 is 0 Å². The fourth-order valence-electron chi connectivity index (χ4n) is 2.77. The van der Waals surface area contributed by atoms with E-state index in [0.717, 1.165) is 10.2 Å². The lowest BCUT2D eigenvalue weighted by atomic mass is 10.2. The van der Waals surface area contributed by atoms with Crippen molar-refractivity contribution in [2.45, 2.75) is 13.0 Å². The molecule has 8 nitrogen and oxygen atoms in total. The lowest BCUT2D eigenvalue weighted by Crippen LogP contribution is -2.28. The second-order valence-corrected chi connectivity index (χ2v) is 6.99. The largest absolute Gasteiger partial charge is 0.394 e. The predicted octanol–water partition coefficient (Wildman–Crippen LogP) is 2.57. The van der Waals surface area contributed by atoms with Gasteiger partial charge < -0.3 is 5.11 Å². The van der Waals surface area contributed by atoms with Crippen LogP contribution in [0.1, 0.15) is 18.5 Å². The minimum Gasteiger partial charge on any atom is -0.394 e. The van der Waals surface area contributed by atoms with Crippen molar-refractivity contribution in [2.24, 2.45) is 0 Å². The van der Waals surface area contributed by atoms with E-state index in [0.29, 0.717) is 16.2 Å². The zero-order valence-electron chi connectivity index (χ0n) is 14.2. The van der Waals surface area contributed by atoms with E-state index in [2.05, 4.69) is 20.3 Å². The molecule has 4 aromatic rings. The number of hydrogen-bond donors (Lipinski definition) is 2. The SMILES string of the molecule is CC(CO)n1c(=O)c(C#N)cc2cnc(Nc3nc4ccccc4s3)nc21. The van der Waals surface area contributed by atoms with Gasteiger partial charge in [-0.05, 0) is 25.1 Å². The molecule has 4 rings (SSSR count). The summed E-state index contributed by atoms with van der Waals surface area (Å²) in [7, 11) is 0. The normalized spacial score (nSPS) is 12.2. The highest BCUT2D eigenvalue weighted by atomic mass is 32.1. The summed E-state index contributed by atoms with van der Waals surface area (Å²) in [5.74, 6) is 0.282. The van der Waals surface area contributed by atoms with Crippen LogP contribution in [0.25, 0.3) is 21.3 Å². The van der Waals surface area contributed by atoms with Gasteiger partial charge in [0.25, 0.3) is 5.56 Å². The number of fused-ring (bicyclic) bond motifs is 2. The summed E-state index contributed by atoms with van der Waals surface area (Å²) in [6, 6.07) is 10.6. The second-order valence-electron chi connectivity index (χ2n) is 5.96. The molecular formula is C18H14N6O2S. The summed E-state index contributed by atoms with van der Waals surface area (Å²) >= 11 is 1.47. The van der Waals surface area contributed by atoms with Crippen LogP contribution in [0.3, 0.4) is 0 Å². The molecule has 1 unspecified atom stereocenters. The Morgan fingerprint density at radius 2 is 2.19 bits per heavy atom. The van der Waals surface area contributed by atoms with E-state index in [1.807, 2.05) is 30.3 Å². The summed E-state index contributed by atoms with van der Waals surface area (Å²) in [5, 5.41) is 22.9. The average molecular weight is 378 g/mol. The van der Waals surface area contributed by atoms with Crippen LogP contribution >= 0.6 is 11.3 Å². The highest BCUT2D eigenvalue weighted by Crippen LogP contribution is 2.27. The maximum atomic E-state index is 12.5. The van der Waals surface area contributed by atoms with E-state index < -0.39 is 11.6 Å². The number of para-hydroxylation sites is 1. The topological polar surface area (TPSA) is 117 Å². The number of aliphatic hydroxyl groups excluding tert-OH is 1. The second kappa shape index (κ2) is 6.75. The number of rotatable bonds is 4. The van der Waals surface area contributed by atoms with E-state index >= 15 is 0 Å². The van der Waals surface area contributed by atoms with E-state index in [1.165, 1.54) is 22.0 Å². The number of pyridine rings is 1. The maximum Gasteiger partial charge on any atom is 0.270 e. The number of anilines is 2. The van der Waals surface area contributed by atoms with E-state index in [-0.39, 0.29) is 18.1 Å². The first-order chi connectivity index (χ1) is 13.1. The third kappa shape index (κ3) is 3.01. The number of aromatic nitrogens is 4. The fraction of sp³-hybridized carbons (Fsp3) is 0.167. The number of aliphatic hydroxyl groups is 1. The smallest absolute Gasteiger partial charge is 0.270 e. The van der Waals surface area contributed by atoms with Crippen molar-refractivity contribution in [3.05, 3.63) is 52.4 Å². The van der Waals surface area contributed by atoms with Crippen molar-refractivity contribution in [3.63, 3.8) is 0 Å². The third-order valence-electron chi connectivity index (χ3n) is 4.11. The van der Waals surface area contributed by atoms with Crippen LogP contribution in [0.15, 0.2) is 41.3 Å². The summed E-state index contributed by atoms with van der Waals surface area (Å²) in [5.41, 5.74) is 0.712. The Bertz CT molecular complexity index is 1220. The van der Waals surface area contributed by atoms with Crippen molar-refractivity contribution in [1.29, 1.82) is 5.26 Å². The van der Waals surface area contributed by atoms with Gasteiger partial charge in [0.15, 0.2) is 5.13 Å². The molecule has 0 spiro atoms. The minimum absolute atomic E-state index is 0.0155. The number of hydrogen-bond acceptors (Lipinski definition) is 8. The summed E-state index contributed by atoms with van der Waals surface area (Å²) in [6.07, 6.45) is 1.54. The molecule has 3 heterocycles. The van der Waals surface area contributed by atoms with Crippen LogP contribution in [0, 0.1) is 11.3 Å². The molecule has 134 valence electrons. The lowest BCUT2D eigenvalue weighted by molar-refractivity contribution is 0.239. The van der Waals surface area contributed by atoms with Crippen LogP contribution in [0.5, 0.6) is 0 Å². The maximum absolute atomic E-state index is 12.5. The molecule has 0 bridgehead atoms. The van der Waals surface area contributed by atoms with Gasteiger partial charge in [0.1, 0.15) is 17.3 Å². The standard InChI is InChI=1S/C18H14N6O2S/c1-10(9-25)24-15-12(6-11(7-19)16(24)26)8-20-17(22-15)23-18-21-13-4-2-3-5-14(13)27-18/h2-6,8,10,25H,9H2,1H3,(H,20,21,22,23). The molecule has 9 heteroatoms. The zero-order valence-corrected chi connectivity index (χ0v) is 15.1. The van der Waals surface area contributed by atoms with Crippen LogP contribution in [-0.2, 0) is 0 Å². The molecule has 0 aliphatic carbocycles. The van der Waals surface area contributed by atoms with Gasteiger partial charge in [-0.3, -0.25) is 14.7 Å². The van der Waals surface area contributed by atoms with Gasteiger partial charge in [0.2, 0.25) is 5.95 Å². The molecule has 0 aliphatic rings. The van der Waals surface area contributed by atoms with Crippen LogP contribution in [-0.4, -0.2) is 31.2 Å². The molecule has 1 aromatic carbocycles. The average Bonchev–Trinajstić information content (AvgIpc) is 3.09. The predicted molar refractivity (Wildman–Crippen MR) is 103 cm³/mol. The molecule has 3 aromatic heterocycles. The summed E-state index contributed by atoms with van der Waals surface area (Å²) in [6.45, 7) is 1.43. The van der Waals surface area contributed by atoms with Gasteiger partial charge in [-0.15, -0.1) is 0 Å². The lowest BCUT2D eigenvalue weighted by Gasteiger charge is -2.15. The van der Waals surface area contributed by atoms with Crippen LogP contribution in [0.4, 0.5) is 11.1 Å². The quantitative estimate of drug-likeness (QED) is 0.560. The molecule has 27 heavy (non-hydrogen) atoms. The van der Waals surface area contributed by atoms with Gasteiger partial charge in [-0.1, -0.05) is 23.5 Å². The number of nitrogens with zero attached hydrogens (tertiary/aromatic N) is 5. The van der Waals surface area contributed by atoms with Crippen molar-refractivity contribution in [2.75, 3.05) is 11.9 Å². The number of benzene rings is 1. The Labute approximate surface area is 157 Å². The highest BCUT2D eigenvalue weighted by molar-refractivity contribution is 7.22. The first kappa shape index (κ1) is 17.1. The van der Waals surface area contributed by atoms with Gasteiger partial charge in [0.05, 0.1) is 22.9 Å². The van der Waals surface area contributed by atoms with Crippen molar-refractivity contribution in [1.82, 2.24) is 19.5 Å². The van der Waals surface area contributed by atoms with E-state index in [9.17, 15) is 15.2 Å². The van der Waals surface area contributed by atoms with Gasteiger partial charge in [-0.2, -0.15) is 10.2 Å².